The average Bonchev–Trinajstić information content (AvgIpc) is 2.50. The van der Waals surface area contributed by atoms with Crippen LogP contribution in [0.4, 0.5) is 0 Å². The fourth-order valence-electron chi connectivity index (χ4n) is 1.56. The first-order chi connectivity index (χ1) is 9.69. The van der Waals surface area contributed by atoms with Crippen molar-refractivity contribution < 1.29 is 9.47 Å². The van der Waals surface area contributed by atoms with Gasteiger partial charge < -0.3 is 20.1 Å². The minimum Gasteiger partial charge on any atom is -0.497 e. The minimum atomic E-state index is 0. The molecule has 0 aliphatic carbocycles. The first-order valence-electron chi connectivity index (χ1n) is 6.93. The summed E-state index contributed by atoms with van der Waals surface area (Å²) in [4.78, 5) is 4.17. The Hall–Kier alpha value is -1.18. The largest absolute Gasteiger partial charge is 0.497 e. The predicted octanol–water partition coefficient (Wildman–Crippen LogP) is 2.66. The van der Waals surface area contributed by atoms with Crippen molar-refractivity contribution in [2.24, 2.45) is 4.99 Å². The summed E-state index contributed by atoms with van der Waals surface area (Å²) in [5.41, 5.74) is 0. The molecule has 6 heteroatoms. The Kier molecular flexibility index (Phi) is 10.8. The predicted molar refractivity (Wildman–Crippen MR) is 98.2 cm³/mol. The van der Waals surface area contributed by atoms with Crippen molar-refractivity contribution in [2.45, 2.75) is 26.3 Å². The van der Waals surface area contributed by atoms with Crippen LogP contribution in [-0.4, -0.2) is 39.3 Å². The van der Waals surface area contributed by atoms with Crippen LogP contribution >= 0.6 is 24.0 Å². The zero-order valence-electron chi connectivity index (χ0n) is 13.2. The average molecular weight is 407 g/mol. The number of nitrogens with one attached hydrogen (secondary N) is 2. The standard InChI is InChI=1S/C15H25N3O2.HI/c1-5-12(2)18-15(16-3)17-9-10-20-14-8-6-7-13(11-14)19-4;/h6-8,11-12H,5,9-10H2,1-4H3,(H2,16,17,18);1H. The highest BCUT2D eigenvalue weighted by atomic mass is 127. The summed E-state index contributed by atoms with van der Waals surface area (Å²) in [5.74, 6) is 2.40. The third-order valence-corrected chi connectivity index (χ3v) is 2.92. The second-order valence-corrected chi connectivity index (χ2v) is 4.48. The van der Waals surface area contributed by atoms with Crippen LogP contribution in [0.25, 0.3) is 0 Å². The van der Waals surface area contributed by atoms with E-state index in [9.17, 15) is 0 Å². The number of methoxy groups -OCH3 is 1. The molecule has 1 rings (SSSR count). The van der Waals surface area contributed by atoms with Gasteiger partial charge in [0.15, 0.2) is 5.96 Å². The number of nitrogens with zero attached hydrogens (tertiary/aromatic N) is 1. The molecule has 0 aliphatic rings. The molecule has 0 radical (unpaired) electrons. The number of hydrogen-bond donors (Lipinski definition) is 2. The number of halogens is 1. The smallest absolute Gasteiger partial charge is 0.191 e. The molecule has 5 nitrogen and oxygen atoms in total. The second-order valence-electron chi connectivity index (χ2n) is 4.48. The lowest BCUT2D eigenvalue weighted by Gasteiger charge is -2.16. The van der Waals surface area contributed by atoms with Crippen molar-refractivity contribution in [3.8, 4) is 11.5 Å². The van der Waals surface area contributed by atoms with E-state index in [0.717, 1.165) is 23.9 Å². The number of guanidine groups is 1. The Morgan fingerprint density at radius 2 is 2.05 bits per heavy atom. The van der Waals surface area contributed by atoms with Gasteiger partial charge in [0.25, 0.3) is 0 Å². The molecule has 1 aromatic carbocycles. The number of aliphatic imine (C=N–C) groups is 1. The van der Waals surface area contributed by atoms with Crippen molar-refractivity contribution >= 4 is 29.9 Å². The second kappa shape index (κ2) is 11.5. The van der Waals surface area contributed by atoms with Crippen LogP contribution in [-0.2, 0) is 0 Å². The van der Waals surface area contributed by atoms with Crippen LogP contribution in [0.3, 0.4) is 0 Å². The van der Waals surface area contributed by atoms with Gasteiger partial charge in [-0.25, -0.2) is 0 Å². The molecule has 0 amide bonds. The van der Waals surface area contributed by atoms with Crippen molar-refractivity contribution in [2.75, 3.05) is 27.3 Å². The van der Waals surface area contributed by atoms with E-state index in [1.54, 1.807) is 14.2 Å². The van der Waals surface area contributed by atoms with Gasteiger partial charge in [0.05, 0.1) is 13.7 Å². The van der Waals surface area contributed by atoms with Gasteiger partial charge in [-0.3, -0.25) is 4.99 Å². The van der Waals surface area contributed by atoms with Gasteiger partial charge in [-0.05, 0) is 25.5 Å². The van der Waals surface area contributed by atoms with E-state index in [-0.39, 0.29) is 24.0 Å². The van der Waals surface area contributed by atoms with E-state index in [4.69, 9.17) is 9.47 Å². The molecule has 0 spiro atoms. The van der Waals surface area contributed by atoms with Crippen molar-refractivity contribution in [1.29, 1.82) is 0 Å². The maximum absolute atomic E-state index is 5.65. The molecule has 0 bridgehead atoms. The quantitative estimate of drug-likeness (QED) is 0.316. The van der Waals surface area contributed by atoms with E-state index in [2.05, 4.69) is 29.5 Å². The Labute approximate surface area is 144 Å². The van der Waals surface area contributed by atoms with Gasteiger partial charge >= 0.3 is 0 Å². The maximum atomic E-state index is 5.65. The summed E-state index contributed by atoms with van der Waals surface area (Å²) in [6.07, 6.45) is 1.06. The lowest BCUT2D eigenvalue weighted by molar-refractivity contribution is 0.318. The normalized spacial score (nSPS) is 12.1. The molecule has 1 atom stereocenters. The topological polar surface area (TPSA) is 54.9 Å². The van der Waals surface area contributed by atoms with Crippen LogP contribution in [0.15, 0.2) is 29.3 Å². The Balaban J connectivity index is 0.00000400. The molecule has 21 heavy (non-hydrogen) atoms. The van der Waals surface area contributed by atoms with Crippen LogP contribution in [0.5, 0.6) is 11.5 Å². The third-order valence-electron chi connectivity index (χ3n) is 2.92. The van der Waals surface area contributed by atoms with Crippen molar-refractivity contribution in [3.63, 3.8) is 0 Å². The third kappa shape index (κ3) is 7.99. The Morgan fingerprint density at radius 1 is 1.33 bits per heavy atom. The highest BCUT2D eigenvalue weighted by Gasteiger charge is 2.02. The molecule has 1 aromatic rings. The molecule has 0 fully saturated rings. The minimum absolute atomic E-state index is 0. The summed E-state index contributed by atoms with van der Waals surface area (Å²) in [6.45, 7) is 5.51. The summed E-state index contributed by atoms with van der Waals surface area (Å²) in [5, 5.41) is 6.51. The van der Waals surface area contributed by atoms with Crippen LogP contribution < -0.4 is 20.1 Å². The highest BCUT2D eigenvalue weighted by molar-refractivity contribution is 14.0. The maximum Gasteiger partial charge on any atom is 0.191 e. The molecular weight excluding hydrogens is 381 g/mol. The number of rotatable bonds is 7. The zero-order valence-corrected chi connectivity index (χ0v) is 15.5. The Bertz CT molecular complexity index is 427. The number of benzene rings is 1. The van der Waals surface area contributed by atoms with Gasteiger partial charge in [-0.15, -0.1) is 24.0 Å². The molecule has 0 heterocycles. The summed E-state index contributed by atoms with van der Waals surface area (Å²) in [6, 6.07) is 7.98. The first-order valence-corrected chi connectivity index (χ1v) is 6.93. The van der Waals surface area contributed by atoms with E-state index < -0.39 is 0 Å². The van der Waals surface area contributed by atoms with Gasteiger partial charge in [-0.1, -0.05) is 13.0 Å². The van der Waals surface area contributed by atoms with Crippen molar-refractivity contribution in [1.82, 2.24) is 10.6 Å². The highest BCUT2D eigenvalue weighted by Crippen LogP contribution is 2.18. The van der Waals surface area contributed by atoms with Crippen LogP contribution in [0.2, 0.25) is 0 Å². The lowest BCUT2D eigenvalue weighted by Crippen LogP contribution is -2.43. The molecule has 120 valence electrons. The number of ether oxygens (including phenoxy) is 2. The molecule has 0 aromatic heterocycles. The Morgan fingerprint density at radius 3 is 2.67 bits per heavy atom. The van der Waals surface area contributed by atoms with Crippen LogP contribution in [0.1, 0.15) is 20.3 Å². The van der Waals surface area contributed by atoms with Gasteiger partial charge in [0, 0.05) is 19.2 Å². The lowest BCUT2D eigenvalue weighted by atomic mass is 10.3. The van der Waals surface area contributed by atoms with E-state index in [0.29, 0.717) is 19.2 Å². The SMILES string of the molecule is CCC(C)NC(=NC)NCCOc1cccc(OC)c1.I. The monoisotopic (exact) mass is 407 g/mol. The molecule has 0 saturated heterocycles. The first kappa shape index (κ1) is 19.8. The van der Waals surface area contributed by atoms with E-state index >= 15 is 0 Å². The van der Waals surface area contributed by atoms with E-state index in [1.165, 1.54) is 0 Å². The van der Waals surface area contributed by atoms with E-state index in [1.807, 2.05) is 24.3 Å². The summed E-state index contributed by atoms with van der Waals surface area (Å²) in [7, 11) is 3.41. The van der Waals surface area contributed by atoms with Gasteiger partial charge in [0.1, 0.15) is 18.1 Å². The fourth-order valence-corrected chi connectivity index (χ4v) is 1.56. The fraction of sp³-hybridized carbons (Fsp3) is 0.533. The summed E-state index contributed by atoms with van der Waals surface area (Å²) < 4.78 is 10.8. The molecule has 1 unspecified atom stereocenters. The van der Waals surface area contributed by atoms with Crippen LogP contribution in [0, 0.1) is 0 Å². The molecule has 0 saturated carbocycles. The molecule has 2 N–H and O–H groups in total. The summed E-state index contributed by atoms with van der Waals surface area (Å²) >= 11 is 0. The molecular formula is C15H26IN3O2. The van der Waals surface area contributed by atoms with Gasteiger partial charge in [-0.2, -0.15) is 0 Å². The number of hydrogen-bond acceptors (Lipinski definition) is 3. The van der Waals surface area contributed by atoms with Gasteiger partial charge in [0.2, 0.25) is 0 Å². The van der Waals surface area contributed by atoms with Crippen molar-refractivity contribution in [3.05, 3.63) is 24.3 Å². The zero-order chi connectivity index (χ0) is 14.8. The molecule has 0 aliphatic heterocycles.